The summed E-state index contributed by atoms with van der Waals surface area (Å²) < 4.78 is 0. The van der Waals surface area contributed by atoms with E-state index >= 15 is 0 Å². The molecule has 46 heavy (non-hydrogen) atoms. The van der Waals surface area contributed by atoms with Crippen molar-refractivity contribution in [1.29, 1.82) is 0 Å². The summed E-state index contributed by atoms with van der Waals surface area (Å²) in [6.07, 6.45) is 9.16. The van der Waals surface area contributed by atoms with Crippen molar-refractivity contribution in [3.63, 3.8) is 0 Å². The topological polar surface area (TPSA) is 84.6 Å². The Morgan fingerprint density at radius 1 is 1.11 bits per heavy atom. The number of hydrogen-bond acceptors (Lipinski definition) is 6. The van der Waals surface area contributed by atoms with E-state index in [9.17, 15) is 9.59 Å². The van der Waals surface area contributed by atoms with Crippen molar-refractivity contribution in [1.82, 2.24) is 25.1 Å². The molecule has 0 radical (unpaired) electrons. The highest BCUT2D eigenvalue weighted by Crippen LogP contribution is 2.34. The van der Waals surface area contributed by atoms with E-state index in [1.165, 1.54) is 5.57 Å². The number of pyridine rings is 2. The number of carbonyl (C=O) groups excluding carboxylic acids is 1. The molecule has 0 aliphatic carbocycles. The van der Waals surface area contributed by atoms with Crippen LogP contribution in [-0.4, -0.2) is 58.9 Å². The van der Waals surface area contributed by atoms with Gasteiger partial charge in [-0.1, -0.05) is 50.8 Å². The number of nitrogens with one attached hydrogen (secondary N) is 2. The number of nitrogens with zero attached hydrogens (tertiary/aromatic N) is 4. The summed E-state index contributed by atoms with van der Waals surface area (Å²) in [7, 11) is 2.14. The van der Waals surface area contributed by atoms with E-state index in [1.54, 1.807) is 6.20 Å². The van der Waals surface area contributed by atoms with Gasteiger partial charge in [0.15, 0.2) is 0 Å². The summed E-state index contributed by atoms with van der Waals surface area (Å²) in [5.74, 6) is 0.985. The Balaban J connectivity index is 1.45. The van der Waals surface area contributed by atoms with Crippen LogP contribution in [0.25, 0.3) is 5.57 Å². The highest BCUT2D eigenvalue weighted by Gasteiger charge is 2.26. The second-order valence-electron chi connectivity index (χ2n) is 12.4. The summed E-state index contributed by atoms with van der Waals surface area (Å²) in [4.78, 5) is 41.4. The predicted octanol–water partition coefficient (Wildman–Crippen LogP) is 5.78. The first-order valence-electron chi connectivity index (χ1n) is 16.2. The summed E-state index contributed by atoms with van der Waals surface area (Å²) >= 11 is 0. The van der Waals surface area contributed by atoms with Gasteiger partial charge in [0.1, 0.15) is 11.5 Å². The third-order valence-electron chi connectivity index (χ3n) is 9.21. The number of aromatic amines is 1. The highest BCUT2D eigenvalue weighted by molar-refractivity contribution is 5.98. The van der Waals surface area contributed by atoms with E-state index in [0.717, 1.165) is 72.1 Å². The van der Waals surface area contributed by atoms with Crippen molar-refractivity contribution in [3.05, 3.63) is 135 Å². The Labute approximate surface area is 272 Å². The number of anilines is 1. The number of aryl methyl sites for hydroxylation is 1. The van der Waals surface area contributed by atoms with E-state index in [0.29, 0.717) is 23.6 Å². The first-order valence-corrected chi connectivity index (χ1v) is 16.2. The lowest BCUT2D eigenvalue weighted by atomic mass is 9.93. The molecule has 8 heteroatoms. The first kappa shape index (κ1) is 32.7. The third-order valence-corrected chi connectivity index (χ3v) is 9.21. The standard InChI is InChI=1S/C38H46N6O2/c1-7-26(3)28(5)34-22-31(30-14-15-36(39-24-30)43-18-16-42(6)17-19-43)23-35(44(34)8-2)38(46)40-25-33-32(20-27(4)41-37(33)45)21-29-12-10-9-11-13-29/h8-15,20,22-24,26H,2,7,16-19,21,25H2,1,3-6H3,(H,40,46)(H,41,45)/b34-28+. The second kappa shape index (κ2) is 14.6. The van der Waals surface area contributed by atoms with Crippen molar-refractivity contribution >= 4 is 17.3 Å². The van der Waals surface area contributed by atoms with Crippen LogP contribution in [0.5, 0.6) is 0 Å². The molecule has 3 aromatic rings. The maximum atomic E-state index is 14.0. The Bertz CT molecular complexity index is 1710. The number of carbonyl (C=O) groups is 1. The van der Waals surface area contributed by atoms with Gasteiger partial charge >= 0.3 is 0 Å². The van der Waals surface area contributed by atoms with Gasteiger partial charge in [-0.3, -0.25) is 9.59 Å². The molecule has 2 aromatic heterocycles. The van der Waals surface area contributed by atoms with Gasteiger partial charge in [0.2, 0.25) is 0 Å². The Hall–Kier alpha value is -4.69. The van der Waals surface area contributed by atoms with Crippen LogP contribution in [-0.2, 0) is 17.8 Å². The van der Waals surface area contributed by atoms with Crippen LogP contribution < -0.4 is 15.8 Å². The number of H-pyrrole nitrogens is 1. The molecule has 5 rings (SSSR count). The number of piperazine rings is 1. The zero-order valence-electron chi connectivity index (χ0n) is 27.8. The molecule has 0 saturated carbocycles. The SMILES string of the molecule is C=CN1C(C(=O)NCc2c(Cc3ccccc3)cc(C)[nH]c2=O)=CC(c2ccc(N3CCN(C)CC3)nc2)=C/C1=C(/C)C(C)CC. The Morgan fingerprint density at radius 2 is 1.85 bits per heavy atom. The van der Waals surface area contributed by atoms with Gasteiger partial charge in [0.05, 0.1) is 0 Å². The maximum absolute atomic E-state index is 14.0. The largest absolute Gasteiger partial charge is 0.354 e. The molecule has 0 spiro atoms. The molecule has 1 unspecified atom stereocenters. The minimum atomic E-state index is -0.285. The van der Waals surface area contributed by atoms with Crippen LogP contribution in [0.15, 0.2) is 101 Å². The number of aromatic nitrogens is 2. The Kier molecular flexibility index (Phi) is 10.4. The molecule has 8 nitrogen and oxygen atoms in total. The van der Waals surface area contributed by atoms with Gasteiger partial charge in [0, 0.05) is 67.6 Å². The lowest BCUT2D eigenvalue weighted by Crippen LogP contribution is -2.44. The zero-order chi connectivity index (χ0) is 32.8. The van der Waals surface area contributed by atoms with Gasteiger partial charge in [-0.25, -0.2) is 4.98 Å². The number of benzene rings is 1. The highest BCUT2D eigenvalue weighted by atomic mass is 16.2. The number of likely N-dealkylation sites (N-methyl/N-ethyl adjacent to an activating group) is 1. The van der Waals surface area contributed by atoms with Crippen LogP contribution in [0.1, 0.15) is 55.1 Å². The Morgan fingerprint density at radius 3 is 2.50 bits per heavy atom. The molecule has 240 valence electrons. The number of allylic oxidation sites excluding steroid dienone is 4. The van der Waals surface area contributed by atoms with Crippen LogP contribution >= 0.6 is 0 Å². The lowest BCUT2D eigenvalue weighted by molar-refractivity contribution is -0.118. The quantitative estimate of drug-likeness (QED) is 0.300. The van der Waals surface area contributed by atoms with E-state index in [4.69, 9.17) is 4.98 Å². The van der Waals surface area contributed by atoms with Crippen molar-refractivity contribution in [2.75, 3.05) is 38.1 Å². The summed E-state index contributed by atoms with van der Waals surface area (Å²) in [6, 6.07) is 16.2. The van der Waals surface area contributed by atoms with Gasteiger partial charge in [0.25, 0.3) is 11.5 Å². The van der Waals surface area contributed by atoms with Crippen LogP contribution in [0.3, 0.4) is 0 Å². The number of rotatable bonds is 10. The van der Waals surface area contributed by atoms with Crippen LogP contribution in [0, 0.1) is 12.8 Å². The van der Waals surface area contributed by atoms with Crippen LogP contribution in [0.4, 0.5) is 5.82 Å². The average molecular weight is 619 g/mol. The summed E-state index contributed by atoms with van der Waals surface area (Å²) in [5.41, 5.74) is 7.51. The molecular formula is C38H46N6O2. The van der Waals surface area contributed by atoms with E-state index in [2.05, 4.69) is 72.7 Å². The smallest absolute Gasteiger partial charge is 0.268 e. The van der Waals surface area contributed by atoms with Crippen molar-refractivity contribution in [2.24, 2.45) is 5.92 Å². The lowest BCUT2D eigenvalue weighted by Gasteiger charge is -2.33. The summed E-state index contributed by atoms with van der Waals surface area (Å²) in [6.45, 7) is 16.4. The molecular weight excluding hydrogens is 572 g/mol. The van der Waals surface area contributed by atoms with Gasteiger partial charge in [-0.05, 0) is 92.3 Å². The third kappa shape index (κ3) is 7.40. The molecule has 0 bridgehead atoms. The van der Waals surface area contributed by atoms with Crippen molar-refractivity contribution < 1.29 is 4.79 Å². The predicted molar refractivity (Wildman–Crippen MR) is 187 cm³/mol. The fraction of sp³-hybridized carbons (Fsp3) is 0.342. The van der Waals surface area contributed by atoms with E-state index < -0.39 is 0 Å². The molecule has 2 aliphatic rings. The molecule has 1 aromatic carbocycles. The van der Waals surface area contributed by atoms with Crippen molar-refractivity contribution in [2.45, 2.75) is 47.1 Å². The van der Waals surface area contributed by atoms with E-state index in [-0.39, 0.29) is 18.0 Å². The maximum Gasteiger partial charge on any atom is 0.268 e. The monoisotopic (exact) mass is 618 g/mol. The molecule has 2 aliphatic heterocycles. The second-order valence-corrected chi connectivity index (χ2v) is 12.4. The fourth-order valence-electron chi connectivity index (χ4n) is 6.00. The van der Waals surface area contributed by atoms with E-state index in [1.807, 2.05) is 60.5 Å². The normalized spacial score (nSPS) is 17.2. The fourth-order valence-corrected chi connectivity index (χ4v) is 6.00. The summed E-state index contributed by atoms with van der Waals surface area (Å²) in [5, 5.41) is 3.06. The first-order chi connectivity index (χ1) is 22.2. The van der Waals surface area contributed by atoms with Crippen LogP contribution in [0.2, 0.25) is 0 Å². The zero-order valence-corrected chi connectivity index (χ0v) is 27.8. The molecule has 4 heterocycles. The van der Waals surface area contributed by atoms with Crippen molar-refractivity contribution in [3.8, 4) is 0 Å². The molecule has 1 atom stereocenters. The minimum Gasteiger partial charge on any atom is -0.354 e. The van der Waals surface area contributed by atoms with Gasteiger partial charge in [-0.2, -0.15) is 0 Å². The number of amides is 1. The van der Waals surface area contributed by atoms with Gasteiger partial charge in [-0.15, -0.1) is 0 Å². The minimum absolute atomic E-state index is 0.0999. The molecule has 1 saturated heterocycles. The van der Waals surface area contributed by atoms with Gasteiger partial charge < -0.3 is 25.0 Å². The molecule has 2 N–H and O–H groups in total. The molecule has 1 amide bonds. The number of hydrogen-bond donors (Lipinski definition) is 2. The average Bonchev–Trinajstić information content (AvgIpc) is 3.07. The molecule has 1 fully saturated rings.